The van der Waals surface area contributed by atoms with Crippen LogP contribution in [-0.4, -0.2) is 36.0 Å². The molecule has 1 aliphatic carbocycles. The zero-order valence-corrected chi connectivity index (χ0v) is 21.1. The number of hydrogen-bond acceptors (Lipinski definition) is 3. The van der Waals surface area contributed by atoms with E-state index in [1.54, 1.807) is 4.90 Å². The van der Waals surface area contributed by atoms with Gasteiger partial charge in [0.1, 0.15) is 6.04 Å². The molecule has 2 rings (SSSR count). The molecule has 1 heterocycles. The van der Waals surface area contributed by atoms with Crippen LogP contribution in [0.3, 0.4) is 0 Å². The second-order valence-corrected chi connectivity index (χ2v) is 10.3. The van der Waals surface area contributed by atoms with Crippen LogP contribution in [0.5, 0.6) is 0 Å². The van der Waals surface area contributed by atoms with Crippen LogP contribution in [0.15, 0.2) is 0 Å². The van der Waals surface area contributed by atoms with E-state index in [1.165, 1.54) is 96.3 Å². The van der Waals surface area contributed by atoms with E-state index in [-0.39, 0.29) is 17.9 Å². The Hall–Kier alpha value is -1.06. The van der Waals surface area contributed by atoms with Crippen LogP contribution < -0.4 is 0 Å². The zero-order valence-electron chi connectivity index (χ0n) is 21.1. The molecule has 0 aromatic carbocycles. The lowest BCUT2D eigenvalue weighted by Gasteiger charge is -2.24. The molecule has 1 aliphatic heterocycles. The summed E-state index contributed by atoms with van der Waals surface area (Å²) in [5, 5.41) is 0. The van der Waals surface area contributed by atoms with Crippen molar-refractivity contribution in [3.8, 4) is 0 Å². The topological polar surface area (TPSA) is 46.6 Å². The first-order valence-corrected chi connectivity index (χ1v) is 14.2. The SMILES string of the molecule is CCCCCCCCCCCCCCCOC(=O)C1CCCN1C(=O)CCC1CCCC1. The average molecular weight is 450 g/mol. The van der Waals surface area contributed by atoms with Crippen molar-refractivity contribution in [2.75, 3.05) is 13.2 Å². The molecule has 1 amide bonds. The van der Waals surface area contributed by atoms with E-state index in [0.29, 0.717) is 13.0 Å². The van der Waals surface area contributed by atoms with Gasteiger partial charge in [0.25, 0.3) is 0 Å². The predicted molar refractivity (Wildman–Crippen MR) is 133 cm³/mol. The van der Waals surface area contributed by atoms with Crippen LogP contribution in [0, 0.1) is 5.92 Å². The highest BCUT2D eigenvalue weighted by molar-refractivity contribution is 5.85. The Labute approximate surface area is 198 Å². The maximum atomic E-state index is 12.6. The van der Waals surface area contributed by atoms with Crippen molar-refractivity contribution >= 4 is 11.9 Å². The number of nitrogens with zero attached hydrogens (tertiary/aromatic N) is 1. The fourth-order valence-electron chi connectivity index (χ4n) is 5.47. The molecule has 1 saturated carbocycles. The Kier molecular flexibility index (Phi) is 14.8. The van der Waals surface area contributed by atoms with Gasteiger partial charge >= 0.3 is 5.97 Å². The highest BCUT2D eigenvalue weighted by Gasteiger charge is 2.35. The van der Waals surface area contributed by atoms with Crippen LogP contribution >= 0.6 is 0 Å². The molecule has 0 spiro atoms. The Balaban J connectivity index is 1.43. The molecule has 1 saturated heterocycles. The highest BCUT2D eigenvalue weighted by atomic mass is 16.5. The fraction of sp³-hybridized carbons (Fsp3) is 0.929. The van der Waals surface area contributed by atoms with Crippen molar-refractivity contribution in [2.45, 2.75) is 148 Å². The quantitative estimate of drug-likeness (QED) is 0.160. The summed E-state index contributed by atoms with van der Waals surface area (Å²) in [6.07, 6.45) is 25.6. The highest BCUT2D eigenvalue weighted by Crippen LogP contribution is 2.29. The number of likely N-dealkylation sites (tertiary alicyclic amines) is 1. The second kappa shape index (κ2) is 17.4. The molecule has 0 radical (unpaired) electrons. The Bertz CT molecular complexity index is 501. The van der Waals surface area contributed by atoms with Crippen LogP contribution in [-0.2, 0) is 14.3 Å². The van der Waals surface area contributed by atoms with Crippen LogP contribution in [0.4, 0.5) is 0 Å². The van der Waals surface area contributed by atoms with Gasteiger partial charge < -0.3 is 9.64 Å². The van der Waals surface area contributed by atoms with Crippen molar-refractivity contribution in [3.63, 3.8) is 0 Å². The number of hydrogen-bond donors (Lipinski definition) is 0. The van der Waals surface area contributed by atoms with Gasteiger partial charge in [-0.2, -0.15) is 0 Å². The van der Waals surface area contributed by atoms with E-state index in [4.69, 9.17) is 4.74 Å². The monoisotopic (exact) mass is 449 g/mol. The minimum atomic E-state index is -0.326. The minimum Gasteiger partial charge on any atom is -0.464 e. The summed E-state index contributed by atoms with van der Waals surface area (Å²) in [6, 6.07) is -0.326. The van der Waals surface area contributed by atoms with E-state index in [9.17, 15) is 9.59 Å². The summed E-state index contributed by atoms with van der Waals surface area (Å²) in [6.45, 7) is 3.51. The summed E-state index contributed by atoms with van der Waals surface area (Å²) in [7, 11) is 0. The summed E-state index contributed by atoms with van der Waals surface area (Å²) < 4.78 is 5.55. The standard InChI is InChI=1S/C28H51NO3/c1-2-3-4-5-6-7-8-9-10-11-12-13-16-24-32-28(31)26-20-17-23-29(26)27(30)22-21-25-18-14-15-19-25/h25-26H,2-24H2,1H3. The van der Waals surface area contributed by atoms with Gasteiger partial charge in [0.05, 0.1) is 6.61 Å². The number of unbranched alkanes of at least 4 members (excludes halogenated alkanes) is 12. The van der Waals surface area contributed by atoms with E-state index in [1.807, 2.05) is 0 Å². The summed E-state index contributed by atoms with van der Waals surface area (Å²) in [4.78, 5) is 27.0. The number of ether oxygens (including phenoxy) is 1. The zero-order chi connectivity index (χ0) is 22.9. The molecule has 0 aromatic heterocycles. The largest absolute Gasteiger partial charge is 0.464 e. The van der Waals surface area contributed by atoms with E-state index < -0.39 is 0 Å². The van der Waals surface area contributed by atoms with Gasteiger partial charge in [0.2, 0.25) is 5.91 Å². The summed E-state index contributed by atoms with van der Waals surface area (Å²) in [5.74, 6) is 0.718. The number of carbonyl (C=O) groups excluding carboxylic acids is 2. The van der Waals surface area contributed by atoms with E-state index in [0.717, 1.165) is 44.6 Å². The van der Waals surface area contributed by atoms with Gasteiger partial charge in [0, 0.05) is 13.0 Å². The molecule has 1 atom stereocenters. The molecule has 186 valence electrons. The third-order valence-electron chi connectivity index (χ3n) is 7.58. The van der Waals surface area contributed by atoms with E-state index >= 15 is 0 Å². The number of rotatable bonds is 18. The van der Waals surface area contributed by atoms with Crippen molar-refractivity contribution in [1.29, 1.82) is 0 Å². The normalized spacial score (nSPS) is 19.0. The Morgan fingerprint density at radius 2 is 1.31 bits per heavy atom. The van der Waals surface area contributed by atoms with Gasteiger partial charge in [-0.15, -0.1) is 0 Å². The van der Waals surface area contributed by atoms with Crippen molar-refractivity contribution in [1.82, 2.24) is 4.90 Å². The minimum absolute atomic E-state index is 0.164. The molecular weight excluding hydrogens is 398 g/mol. The molecule has 1 unspecified atom stereocenters. The number of esters is 1. The maximum absolute atomic E-state index is 12.6. The fourth-order valence-corrected chi connectivity index (χ4v) is 5.47. The van der Waals surface area contributed by atoms with Crippen LogP contribution in [0.2, 0.25) is 0 Å². The Morgan fingerprint density at radius 1 is 0.750 bits per heavy atom. The van der Waals surface area contributed by atoms with Crippen molar-refractivity contribution in [2.24, 2.45) is 5.92 Å². The molecule has 4 nitrogen and oxygen atoms in total. The van der Waals surface area contributed by atoms with Gasteiger partial charge in [-0.05, 0) is 31.6 Å². The lowest BCUT2D eigenvalue weighted by atomic mass is 10.0. The van der Waals surface area contributed by atoms with E-state index in [2.05, 4.69) is 6.92 Å². The van der Waals surface area contributed by atoms with Gasteiger partial charge in [-0.25, -0.2) is 4.79 Å². The molecule has 0 N–H and O–H groups in total. The number of carbonyl (C=O) groups is 2. The molecule has 0 aromatic rings. The second-order valence-electron chi connectivity index (χ2n) is 10.3. The van der Waals surface area contributed by atoms with Crippen LogP contribution in [0.25, 0.3) is 0 Å². The molecule has 2 fully saturated rings. The summed E-state index contributed by atoms with van der Waals surface area (Å²) in [5.41, 5.74) is 0. The third kappa shape index (κ3) is 11.2. The first kappa shape index (κ1) is 27.2. The Morgan fingerprint density at radius 3 is 1.91 bits per heavy atom. The first-order valence-electron chi connectivity index (χ1n) is 14.2. The van der Waals surface area contributed by atoms with Crippen LogP contribution in [0.1, 0.15) is 142 Å². The first-order chi connectivity index (χ1) is 15.7. The van der Waals surface area contributed by atoms with Crippen molar-refractivity contribution < 1.29 is 14.3 Å². The molecule has 2 aliphatic rings. The lowest BCUT2D eigenvalue weighted by Crippen LogP contribution is -2.41. The summed E-state index contributed by atoms with van der Waals surface area (Å²) >= 11 is 0. The third-order valence-corrected chi connectivity index (χ3v) is 7.58. The molecule has 0 bridgehead atoms. The van der Waals surface area contributed by atoms with Gasteiger partial charge in [-0.3, -0.25) is 4.79 Å². The van der Waals surface area contributed by atoms with Gasteiger partial charge in [0.15, 0.2) is 0 Å². The van der Waals surface area contributed by atoms with Crippen molar-refractivity contribution in [3.05, 3.63) is 0 Å². The molecule has 32 heavy (non-hydrogen) atoms. The lowest BCUT2D eigenvalue weighted by molar-refractivity contribution is -0.153. The smallest absolute Gasteiger partial charge is 0.328 e. The molecular formula is C28H51NO3. The van der Waals surface area contributed by atoms with Gasteiger partial charge in [-0.1, -0.05) is 110 Å². The molecule has 4 heteroatoms. The predicted octanol–water partition coefficient (Wildman–Crippen LogP) is 7.58. The number of amides is 1. The maximum Gasteiger partial charge on any atom is 0.328 e. The average Bonchev–Trinajstić information content (AvgIpc) is 3.50.